The molecule has 6 atom stereocenters. The van der Waals surface area contributed by atoms with Gasteiger partial charge in [0.2, 0.25) is 13.1 Å². The van der Waals surface area contributed by atoms with Crippen LogP contribution in [0.4, 0.5) is 15.3 Å². The minimum Gasteiger partial charge on any atom is -0.493 e. The third kappa shape index (κ3) is 8.67. The molecule has 1 fully saturated rings. The van der Waals surface area contributed by atoms with Crippen molar-refractivity contribution in [2.45, 2.75) is 57.3 Å². The van der Waals surface area contributed by atoms with E-state index in [1.807, 2.05) is 49.3 Å². The molecule has 322 valence electrons. The summed E-state index contributed by atoms with van der Waals surface area (Å²) in [6.45, 7) is 10.2. The molecule has 4 aromatic rings. The largest absolute Gasteiger partial charge is 0.509 e. The molecular formula is C45H47NO15. The smallest absolute Gasteiger partial charge is 0.493 e. The second-order valence-corrected chi connectivity index (χ2v) is 14.4. The van der Waals surface area contributed by atoms with E-state index in [1.54, 1.807) is 38.1 Å². The zero-order valence-electron chi connectivity index (χ0n) is 34.6. The Hall–Kier alpha value is -6.65. The fourth-order valence-electron chi connectivity index (χ4n) is 7.42. The average Bonchev–Trinajstić information content (AvgIpc) is 3.90. The van der Waals surface area contributed by atoms with Gasteiger partial charge in [0.15, 0.2) is 35.2 Å². The maximum atomic E-state index is 13.8. The molecule has 2 unspecified atom stereocenters. The molecule has 0 amide bonds. The summed E-state index contributed by atoms with van der Waals surface area (Å²) in [7, 11) is 6.84. The number of carbonyl (C=O) groups is 3. The molecule has 0 radical (unpaired) electrons. The van der Waals surface area contributed by atoms with Gasteiger partial charge in [-0.05, 0) is 66.8 Å². The van der Waals surface area contributed by atoms with Gasteiger partial charge in [-0.15, -0.1) is 0 Å². The van der Waals surface area contributed by atoms with E-state index >= 15 is 0 Å². The number of hydrogen-bond acceptors (Lipinski definition) is 16. The summed E-state index contributed by atoms with van der Waals surface area (Å²) in [6, 6.07) is 16.4. The number of benzene rings is 4. The van der Waals surface area contributed by atoms with Crippen molar-refractivity contribution in [3.05, 3.63) is 96.6 Å². The minimum atomic E-state index is -1.48. The van der Waals surface area contributed by atoms with E-state index in [1.165, 1.54) is 26.4 Å². The third-order valence-electron chi connectivity index (χ3n) is 10.4. The number of cyclic esters (lactones) is 1. The Morgan fingerprint density at radius 2 is 1.46 bits per heavy atom. The van der Waals surface area contributed by atoms with Gasteiger partial charge < -0.3 is 61.7 Å². The Labute approximate surface area is 352 Å². The molecule has 4 aromatic carbocycles. The molecule has 16 nitrogen and oxygen atoms in total. The Balaban J connectivity index is 1.37. The lowest BCUT2D eigenvalue weighted by molar-refractivity contribution is -0.286. The highest BCUT2D eigenvalue weighted by atomic mass is 16.8. The van der Waals surface area contributed by atoms with Crippen LogP contribution in [0.5, 0.6) is 28.7 Å². The molecule has 16 heteroatoms. The van der Waals surface area contributed by atoms with Crippen molar-refractivity contribution in [1.82, 2.24) is 0 Å². The highest BCUT2D eigenvalue weighted by Crippen LogP contribution is 2.50. The van der Waals surface area contributed by atoms with Gasteiger partial charge >= 0.3 is 18.3 Å². The number of anilines is 1. The summed E-state index contributed by atoms with van der Waals surface area (Å²) < 4.78 is 70.7. The summed E-state index contributed by atoms with van der Waals surface area (Å²) in [6.07, 6.45) is -6.44. The summed E-state index contributed by atoms with van der Waals surface area (Å²) in [5.74, 6) is 1.32. The van der Waals surface area contributed by atoms with Crippen LogP contribution in [-0.2, 0) is 39.8 Å². The lowest BCUT2D eigenvalue weighted by Gasteiger charge is -2.44. The van der Waals surface area contributed by atoms with Crippen molar-refractivity contribution < 1.29 is 71.2 Å². The van der Waals surface area contributed by atoms with Gasteiger partial charge in [-0.1, -0.05) is 43.5 Å². The molecule has 3 aliphatic rings. The molecule has 0 N–H and O–H groups in total. The number of methoxy groups -OCH3 is 2. The van der Waals surface area contributed by atoms with Gasteiger partial charge in [0.25, 0.3) is 0 Å². The van der Waals surface area contributed by atoms with Crippen molar-refractivity contribution in [3.63, 3.8) is 0 Å². The van der Waals surface area contributed by atoms with Crippen LogP contribution in [0, 0.1) is 0 Å². The fraction of sp³-hybridized carbons (Fsp3) is 0.356. The van der Waals surface area contributed by atoms with Crippen LogP contribution >= 0.6 is 0 Å². The number of rotatable bonds is 15. The van der Waals surface area contributed by atoms with E-state index < -0.39 is 55.1 Å². The van der Waals surface area contributed by atoms with Crippen molar-refractivity contribution in [2.75, 3.05) is 53.2 Å². The predicted octanol–water partition coefficient (Wildman–Crippen LogP) is 7.67. The van der Waals surface area contributed by atoms with Crippen LogP contribution in [-0.4, -0.2) is 97.3 Å². The van der Waals surface area contributed by atoms with Crippen LogP contribution in [0.2, 0.25) is 0 Å². The number of hydrogen-bond donors (Lipinski definition) is 0. The quantitative estimate of drug-likeness (QED) is 0.0650. The van der Waals surface area contributed by atoms with Gasteiger partial charge in [-0.2, -0.15) is 0 Å². The Morgan fingerprint density at radius 1 is 0.820 bits per heavy atom. The SMILES string of the molecule is C=CCOC(=O)O[C@H]1[C@H](OC(C)c2ccc(N(C)C)cc2)[C@@H](OC(=O)OCC=C)C(Oc2c3c(c(-c4ccc5c(c4)OCO5)c4cc(OC)c(OC)cc24)C(=O)OC3)O[C@@H]1C. The molecule has 0 saturated carbocycles. The highest BCUT2D eigenvalue weighted by Gasteiger charge is 2.52. The minimum absolute atomic E-state index is 0.0514. The van der Waals surface area contributed by atoms with Crippen LogP contribution in [0.25, 0.3) is 21.9 Å². The van der Waals surface area contributed by atoms with Crippen molar-refractivity contribution in [2.24, 2.45) is 0 Å². The van der Waals surface area contributed by atoms with Crippen LogP contribution in [0.15, 0.2) is 79.9 Å². The zero-order chi connectivity index (χ0) is 43.4. The molecule has 0 bridgehead atoms. The van der Waals surface area contributed by atoms with Crippen LogP contribution < -0.4 is 28.6 Å². The van der Waals surface area contributed by atoms with E-state index in [0.29, 0.717) is 50.5 Å². The van der Waals surface area contributed by atoms with Gasteiger partial charge in [0, 0.05) is 36.3 Å². The van der Waals surface area contributed by atoms with Gasteiger partial charge in [-0.3, -0.25) is 0 Å². The maximum absolute atomic E-state index is 13.8. The molecule has 3 heterocycles. The van der Waals surface area contributed by atoms with Gasteiger partial charge in [0.05, 0.1) is 32.0 Å². The first-order chi connectivity index (χ1) is 29.5. The summed E-state index contributed by atoms with van der Waals surface area (Å²) in [4.78, 5) is 42.2. The monoisotopic (exact) mass is 841 g/mol. The zero-order valence-corrected chi connectivity index (χ0v) is 34.6. The number of esters is 1. The van der Waals surface area contributed by atoms with E-state index in [4.69, 9.17) is 56.8 Å². The topological polar surface area (TPSA) is 165 Å². The Bertz CT molecular complexity index is 2310. The molecule has 0 aliphatic carbocycles. The van der Waals surface area contributed by atoms with Crippen molar-refractivity contribution >= 4 is 34.7 Å². The van der Waals surface area contributed by atoms with E-state index in [2.05, 4.69) is 13.2 Å². The standard InChI is InChI=1S/C45H47NO15/c1-9-17-52-44(48)60-38-25(4)58-43(41(61-45(49)53-18-10-2)40(38)57-24(3)26-11-14-28(15-12-26)46(5)6)59-39-30-21-34(51-8)33(50-7)20-29(30)36(37-31(39)22-54-42(37)47)27-13-16-32-35(19-27)56-23-55-32/h9-16,19-21,24-25,38,40-41,43H,1-2,17-18,22-23H2,3-8H3/t24?,25-,38-,40+,41-,43?/m1/s1. The molecule has 61 heavy (non-hydrogen) atoms. The number of ether oxygens (including phenoxy) is 12. The first-order valence-corrected chi connectivity index (χ1v) is 19.4. The average molecular weight is 842 g/mol. The molecule has 0 aromatic heterocycles. The van der Waals surface area contributed by atoms with Crippen LogP contribution in [0.1, 0.15) is 41.4 Å². The summed E-state index contributed by atoms with van der Waals surface area (Å²) in [5.41, 5.74) is 3.46. The van der Waals surface area contributed by atoms with Gasteiger partial charge in [-0.25, -0.2) is 14.4 Å². The van der Waals surface area contributed by atoms with Gasteiger partial charge in [0.1, 0.15) is 31.7 Å². The molecule has 3 aliphatic heterocycles. The normalized spacial score (nSPS) is 20.4. The Kier molecular flexibility index (Phi) is 12.8. The maximum Gasteiger partial charge on any atom is 0.509 e. The van der Waals surface area contributed by atoms with E-state index in [9.17, 15) is 14.4 Å². The number of nitrogens with zero attached hydrogens (tertiary/aromatic N) is 1. The van der Waals surface area contributed by atoms with E-state index in [0.717, 1.165) is 11.3 Å². The summed E-state index contributed by atoms with van der Waals surface area (Å²) in [5, 5.41) is 0.981. The predicted molar refractivity (Wildman–Crippen MR) is 220 cm³/mol. The second kappa shape index (κ2) is 18.3. The second-order valence-electron chi connectivity index (χ2n) is 14.4. The number of carbonyl (C=O) groups excluding carboxylic acids is 3. The highest BCUT2D eigenvalue weighted by molar-refractivity contribution is 6.14. The lowest BCUT2D eigenvalue weighted by atomic mass is 9.89. The van der Waals surface area contributed by atoms with Crippen molar-refractivity contribution in [3.8, 4) is 39.9 Å². The van der Waals surface area contributed by atoms with Crippen molar-refractivity contribution in [1.29, 1.82) is 0 Å². The fourth-order valence-corrected chi connectivity index (χ4v) is 7.42. The summed E-state index contributed by atoms with van der Waals surface area (Å²) >= 11 is 0. The third-order valence-corrected chi connectivity index (χ3v) is 10.4. The van der Waals surface area contributed by atoms with Crippen LogP contribution in [0.3, 0.4) is 0 Å². The molecule has 7 rings (SSSR count). The van der Waals surface area contributed by atoms with E-state index in [-0.39, 0.29) is 37.9 Å². The number of fused-ring (bicyclic) bond motifs is 3. The first kappa shape index (κ1) is 42.5. The molecule has 0 spiro atoms. The molecular weight excluding hydrogens is 794 g/mol. The Morgan fingerprint density at radius 3 is 2.10 bits per heavy atom. The first-order valence-electron chi connectivity index (χ1n) is 19.4. The molecule has 1 saturated heterocycles. The lowest BCUT2D eigenvalue weighted by Crippen LogP contribution is -2.62.